The maximum atomic E-state index is 13.2. The molecule has 1 aromatic heterocycles. The highest BCUT2D eigenvalue weighted by molar-refractivity contribution is 5.77. The van der Waals surface area contributed by atoms with Gasteiger partial charge < -0.3 is 14.6 Å². The first-order valence-electron chi connectivity index (χ1n) is 5.58. The smallest absolute Gasteiger partial charge is 0.258 e. The van der Waals surface area contributed by atoms with Crippen LogP contribution in [0.2, 0.25) is 0 Å². The molecule has 0 radical (unpaired) electrons. The van der Waals surface area contributed by atoms with E-state index in [0.29, 0.717) is 11.7 Å². The Bertz CT molecular complexity index is 571. The van der Waals surface area contributed by atoms with Gasteiger partial charge in [-0.05, 0) is 12.1 Å². The number of benzene rings is 1. The van der Waals surface area contributed by atoms with Crippen molar-refractivity contribution >= 4 is 5.91 Å². The number of halogens is 1. The fraction of sp³-hybridized carbons (Fsp3) is 0.250. The van der Waals surface area contributed by atoms with Crippen LogP contribution in [0.3, 0.4) is 0 Å². The molecule has 2 aromatic rings. The van der Waals surface area contributed by atoms with E-state index in [9.17, 15) is 9.18 Å². The molecule has 1 aromatic carbocycles. The summed E-state index contributed by atoms with van der Waals surface area (Å²) in [6, 6.07) is 5.87. The minimum atomic E-state index is -0.510. The molecular formula is C12H12FN3O3. The highest BCUT2D eigenvalue weighted by Gasteiger charge is 2.08. The third-order valence-corrected chi connectivity index (χ3v) is 2.21. The summed E-state index contributed by atoms with van der Waals surface area (Å²) in [5.74, 6) is -0.0774. The Labute approximate surface area is 108 Å². The lowest BCUT2D eigenvalue weighted by molar-refractivity contribution is -0.123. The lowest BCUT2D eigenvalue weighted by Crippen LogP contribution is -2.28. The first-order valence-corrected chi connectivity index (χ1v) is 5.58. The van der Waals surface area contributed by atoms with Gasteiger partial charge in [-0.15, -0.1) is 0 Å². The molecule has 19 heavy (non-hydrogen) atoms. The minimum absolute atomic E-state index is 0.0352. The van der Waals surface area contributed by atoms with Crippen molar-refractivity contribution in [3.8, 4) is 5.75 Å². The van der Waals surface area contributed by atoms with Gasteiger partial charge in [-0.2, -0.15) is 4.98 Å². The van der Waals surface area contributed by atoms with E-state index < -0.39 is 11.7 Å². The van der Waals surface area contributed by atoms with Crippen molar-refractivity contribution in [1.29, 1.82) is 0 Å². The van der Waals surface area contributed by atoms with Gasteiger partial charge >= 0.3 is 0 Å². The molecule has 0 bridgehead atoms. The van der Waals surface area contributed by atoms with E-state index in [4.69, 9.17) is 9.26 Å². The lowest BCUT2D eigenvalue weighted by Gasteiger charge is -2.06. The topological polar surface area (TPSA) is 77.2 Å². The van der Waals surface area contributed by atoms with Crippen LogP contribution in [-0.4, -0.2) is 22.7 Å². The van der Waals surface area contributed by atoms with E-state index >= 15 is 0 Å². The molecule has 0 fully saturated rings. The van der Waals surface area contributed by atoms with Gasteiger partial charge in [0.2, 0.25) is 5.89 Å². The molecule has 6 nitrogen and oxygen atoms in total. The molecule has 1 amide bonds. The van der Waals surface area contributed by atoms with E-state index in [0.717, 1.165) is 0 Å². The number of aryl methyl sites for hydroxylation is 1. The van der Waals surface area contributed by atoms with Crippen LogP contribution in [0.25, 0.3) is 0 Å². The second-order valence-corrected chi connectivity index (χ2v) is 3.73. The Morgan fingerprint density at radius 2 is 2.26 bits per heavy atom. The van der Waals surface area contributed by atoms with Crippen LogP contribution in [0, 0.1) is 12.7 Å². The average molecular weight is 265 g/mol. The van der Waals surface area contributed by atoms with Gasteiger partial charge in [-0.25, -0.2) is 4.39 Å². The molecule has 0 saturated carbocycles. The second kappa shape index (κ2) is 5.94. The fourth-order valence-electron chi connectivity index (χ4n) is 1.35. The Kier molecular flexibility index (Phi) is 4.07. The number of carbonyl (C=O) groups is 1. The van der Waals surface area contributed by atoms with Gasteiger partial charge in [0.15, 0.2) is 24.0 Å². The summed E-state index contributed by atoms with van der Waals surface area (Å²) in [6.07, 6.45) is 0. The maximum Gasteiger partial charge on any atom is 0.258 e. The predicted molar refractivity (Wildman–Crippen MR) is 62.8 cm³/mol. The summed E-state index contributed by atoms with van der Waals surface area (Å²) < 4.78 is 23.0. The SMILES string of the molecule is Cc1nc(CNC(=O)COc2ccccc2F)no1. The van der Waals surface area contributed by atoms with Gasteiger partial charge in [0.05, 0.1) is 6.54 Å². The van der Waals surface area contributed by atoms with Crippen LogP contribution in [0.15, 0.2) is 28.8 Å². The van der Waals surface area contributed by atoms with E-state index in [1.807, 2.05) is 0 Å². The molecule has 0 aliphatic carbocycles. The lowest BCUT2D eigenvalue weighted by atomic mass is 10.3. The Hall–Kier alpha value is -2.44. The number of aromatic nitrogens is 2. The van der Waals surface area contributed by atoms with Crippen LogP contribution >= 0.6 is 0 Å². The van der Waals surface area contributed by atoms with E-state index in [1.165, 1.54) is 12.1 Å². The van der Waals surface area contributed by atoms with Crippen LogP contribution < -0.4 is 10.1 Å². The molecule has 7 heteroatoms. The molecule has 0 aliphatic rings. The first-order chi connectivity index (χ1) is 9.15. The van der Waals surface area contributed by atoms with Gasteiger partial charge in [-0.3, -0.25) is 4.79 Å². The Balaban J connectivity index is 1.77. The van der Waals surface area contributed by atoms with Crippen molar-refractivity contribution in [3.05, 3.63) is 41.8 Å². The molecule has 0 aliphatic heterocycles. The summed E-state index contributed by atoms with van der Waals surface area (Å²) in [5, 5.41) is 6.15. The molecule has 0 unspecified atom stereocenters. The normalized spacial score (nSPS) is 10.2. The third-order valence-electron chi connectivity index (χ3n) is 2.21. The number of carbonyl (C=O) groups excluding carboxylic acids is 1. The highest BCUT2D eigenvalue weighted by Crippen LogP contribution is 2.14. The molecule has 0 spiro atoms. The second-order valence-electron chi connectivity index (χ2n) is 3.73. The number of ether oxygens (including phenoxy) is 1. The van der Waals surface area contributed by atoms with Crippen LogP contribution in [0.5, 0.6) is 5.75 Å². The Morgan fingerprint density at radius 3 is 2.95 bits per heavy atom. The molecule has 1 heterocycles. The summed E-state index contributed by atoms with van der Waals surface area (Å²) >= 11 is 0. The van der Waals surface area contributed by atoms with Gasteiger partial charge in [0.25, 0.3) is 5.91 Å². The van der Waals surface area contributed by atoms with E-state index in [2.05, 4.69) is 15.5 Å². The molecule has 0 saturated heterocycles. The number of hydrogen-bond acceptors (Lipinski definition) is 5. The highest BCUT2D eigenvalue weighted by atomic mass is 19.1. The van der Waals surface area contributed by atoms with Gasteiger partial charge in [0, 0.05) is 6.92 Å². The summed E-state index contributed by atoms with van der Waals surface area (Å²) in [5.41, 5.74) is 0. The Morgan fingerprint density at radius 1 is 1.47 bits per heavy atom. The van der Waals surface area contributed by atoms with Crippen molar-refractivity contribution in [2.24, 2.45) is 0 Å². The standard InChI is InChI=1S/C12H12FN3O3/c1-8-15-11(16-19-8)6-14-12(17)7-18-10-5-3-2-4-9(10)13/h2-5H,6-7H2,1H3,(H,14,17). The van der Waals surface area contributed by atoms with E-state index in [-0.39, 0.29) is 18.9 Å². The molecule has 2 rings (SSSR count). The zero-order chi connectivity index (χ0) is 13.7. The van der Waals surface area contributed by atoms with Gasteiger partial charge in [0.1, 0.15) is 0 Å². The first kappa shape index (κ1) is 13.0. The number of para-hydroxylation sites is 1. The molecule has 0 atom stereocenters. The number of hydrogen-bond donors (Lipinski definition) is 1. The quantitative estimate of drug-likeness (QED) is 0.879. The monoisotopic (exact) mass is 265 g/mol. The number of rotatable bonds is 5. The zero-order valence-corrected chi connectivity index (χ0v) is 10.2. The van der Waals surface area contributed by atoms with E-state index in [1.54, 1.807) is 19.1 Å². The third kappa shape index (κ3) is 3.77. The molecular weight excluding hydrogens is 253 g/mol. The number of amides is 1. The summed E-state index contributed by atoms with van der Waals surface area (Å²) in [7, 11) is 0. The largest absolute Gasteiger partial charge is 0.481 e. The van der Waals surface area contributed by atoms with Crippen LogP contribution in [0.1, 0.15) is 11.7 Å². The van der Waals surface area contributed by atoms with Crippen molar-refractivity contribution < 1.29 is 18.4 Å². The summed E-state index contributed by atoms with van der Waals surface area (Å²) in [6.45, 7) is 1.51. The van der Waals surface area contributed by atoms with Crippen LogP contribution in [0.4, 0.5) is 4.39 Å². The van der Waals surface area contributed by atoms with Gasteiger partial charge in [-0.1, -0.05) is 17.3 Å². The fourth-order valence-corrected chi connectivity index (χ4v) is 1.35. The minimum Gasteiger partial charge on any atom is -0.481 e. The molecule has 1 N–H and O–H groups in total. The van der Waals surface area contributed by atoms with Crippen molar-refractivity contribution in [1.82, 2.24) is 15.5 Å². The average Bonchev–Trinajstić information content (AvgIpc) is 2.81. The maximum absolute atomic E-state index is 13.2. The van der Waals surface area contributed by atoms with Crippen LogP contribution in [-0.2, 0) is 11.3 Å². The zero-order valence-electron chi connectivity index (χ0n) is 10.2. The number of nitrogens with zero attached hydrogens (tertiary/aromatic N) is 2. The summed E-state index contributed by atoms with van der Waals surface area (Å²) in [4.78, 5) is 15.4. The number of nitrogens with one attached hydrogen (secondary N) is 1. The van der Waals surface area contributed by atoms with Crippen molar-refractivity contribution in [3.63, 3.8) is 0 Å². The van der Waals surface area contributed by atoms with Crippen molar-refractivity contribution in [2.75, 3.05) is 6.61 Å². The molecule has 100 valence electrons. The predicted octanol–water partition coefficient (Wildman–Crippen LogP) is 1.21. The van der Waals surface area contributed by atoms with Crippen molar-refractivity contribution in [2.45, 2.75) is 13.5 Å².